The van der Waals surface area contributed by atoms with Gasteiger partial charge < -0.3 is 14.9 Å². The maximum atomic E-state index is 12.6. The summed E-state index contributed by atoms with van der Waals surface area (Å²) in [6.07, 6.45) is 3.28. The number of aromatic nitrogens is 1. The molecule has 0 saturated carbocycles. The average molecular weight is 372 g/mol. The van der Waals surface area contributed by atoms with Crippen molar-refractivity contribution in [3.63, 3.8) is 0 Å². The number of anilines is 2. The van der Waals surface area contributed by atoms with Crippen molar-refractivity contribution in [2.24, 2.45) is 5.92 Å². The zero-order chi connectivity index (χ0) is 18.1. The van der Waals surface area contributed by atoms with Crippen molar-refractivity contribution in [1.29, 1.82) is 0 Å². The number of thiazole rings is 1. The highest BCUT2D eigenvalue weighted by Gasteiger charge is 2.24. The third kappa shape index (κ3) is 3.62. The first-order valence-electron chi connectivity index (χ1n) is 9.17. The molecule has 2 heterocycles. The molecule has 4 rings (SSSR count). The van der Waals surface area contributed by atoms with Crippen LogP contribution in [0.1, 0.15) is 23.9 Å². The minimum Gasteiger partial charge on any atom is -0.508 e. The summed E-state index contributed by atoms with van der Waals surface area (Å²) in [7, 11) is 0. The number of amides is 2. The Morgan fingerprint density at radius 2 is 1.96 bits per heavy atom. The summed E-state index contributed by atoms with van der Waals surface area (Å²) in [5.41, 5.74) is 2.24. The molecule has 1 atom stereocenters. The van der Waals surface area contributed by atoms with Crippen molar-refractivity contribution in [2.45, 2.75) is 26.2 Å². The van der Waals surface area contributed by atoms with Crippen molar-refractivity contribution in [1.82, 2.24) is 9.88 Å². The molecule has 26 heavy (non-hydrogen) atoms. The highest BCUT2D eigenvalue weighted by atomic mass is 32.1. The third-order valence-electron chi connectivity index (χ3n) is 5.18. The molecule has 2 N–H and O–H groups in total. The van der Waals surface area contributed by atoms with Crippen molar-refractivity contribution in [3.05, 3.63) is 34.8 Å². The number of hydrogen-bond donors (Lipinski definition) is 2. The van der Waals surface area contributed by atoms with E-state index in [-0.39, 0.29) is 11.8 Å². The smallest absolute Gasteiger partial charge is 0.323 e. The first kappa shape index (κ1) is 17.1. The van der Waals surface area contributed by atoms with Gasteiger partial charge in [0.25, 0.3) is 0 Å². The topological polar surface area (TPSA) is 68.7 Å². The zero-order valence-corrected chi connectivity index (χ0v) is 15.8. The number of nitrogens with zero attached hydrogens (tertiary/aromatic N) is 3. The van der Waals surface area contributed by atoms with E-state index in [1.807, 2.05) is 17.0 Å². The van der Waals surface area contributed by atoms with Crippen LogP contribution in [-0.4, -0.2) is 47.2 Å². The Morgan fingerprint density at radius 1 is 1.23 bits per heavy atom. The van der Waals surface area contributed by atoms with E-state index in [2.05, 4.69) is 22.1 Å². The van der Waals surface area contributed by atoms with Gasteiger partial charge in [-0.25, -0.2) is 9.78 Å². The highest BCUT2D eigenvalue weighted by Crippen LogP contribution is 2.32. The molecule has 0 spiro atoms. The maximum absolute atomic E-state index is 12.6. The van der Waals surface area contributed by atoms with Gasteiger partial charge in [-0.3, -0.25) is 5.32 Å². The van der Waals surface area contributed by atoms with Gasteiger partial charge in [0.2, 0.25) is 0 Å². The van der Waals surface area contributed by atoms with Gasteiger partial charge in [-0.2, -0.15) is 0 Å². The van der Waals surface area contributed by atoms with Gasteiger partial charge >= 0.3 is 6.03 Å². The highest BCUT2D eigenvalue weighted by molar-refractivity contribution is 7.15. The Morgan fingerprint density at radius 3 is 2.69 bits per heavy atom. The van der Waals surface area contributed by atoms with Gasteiger partial charge in [-0.15, -0.1) is 11.3 Å². The summed E-state index contributed by atoms with van der Waals surface area (Å²) >= 11 is 1.63. The predicted octanol–water partition coefficient (Wildman–Crippen LogP) is 3.33. The second-order valence-corrected chi connectivity index (χ2v) is 8.24. The predicted molar refractivity (Wildman–Crippen MR) is 104 cm³/mol. The molecular weight excluding hydrogens is 348 g/mol. The molecule has 1 fully saturated rings. The fourth-order valence-corrected chi connectivity index (χ4v) is 4.76. The average Bonchev–Trinajstić information content (AvgIpc) is 3.03. The van der Waals surface area contributed by atoms with Crippen LogP contribution in [0.15, 0.2) is 24.3 Å². The maximum Gasteiger partial charge on any atom is 0.323 e. The molecule has 1 saturated heterocycles. The Kier molecular flexibility index (Phi) is 4.72. The molecule has 0 bridgehead atoms. The van der Waals surface area contributed by atoms with Crippen LogP contribution in [0.5, 0.6) is 5.75 Å². The minimum atomic E-state index is -0.0606. The molecule has 1 aliphatic carbocycles. The Labute approximate surface area is 157 Å². The van der Waals surface area contributed by atoms with Crippen LogP contribution in [-0.2, 0) is 12.8 Å². The number of carbonyl (C=O) groups is 1. The monoisotopic (exact) mass is 372 g/mol. The number of nitrogens with one attached hydrogen (secondary N) is 1. The fraction of sp³-hybridized carbons (Fsp3) is 0.474. The van der Waals surface area contributed by atoms with Gasteiger partial charge in [-0.05, 0) is 49.4 Å². The molecule has 0 radical (unpaired) electrons. The SMILES string of the molecule is CC1CCc2nc(NC(=O)N3CCN(c4ccc(O)cc4)CC3)sc2C1. The van der Waals surface area contributed by atoms with Gasteiger partial charge in [0, 0.05) is 36.7 Å². The summed E-state index contributed by atoms with van der Waals surface area (Å²) in [6.45, 7) is 5.19. The molecule has 2 aromatic rings. The van der Waals surface area contributed by atoms with Crippen LogP contribution in [0.3, 0.4) is 0 Å². The van der Waals surface area contributed by atoms with Crippen molar-refractivity contribution < 1.29 is 9.90 Å². The number of aromatic hydroxyl groups is 1. The van der Waals surface area contributed by atoms with Crippen molar-refractivity contribution in [3.8, 4) is 5.75 Å². The second-order valence-electron chi connectivity index (χ2n) is 7.16. The lowest BCUT2D eigenvalue weighted by Gasteiger charge is -2.35. The van der Waals surface area contributed by atoms with Gasteiger partial charge in [0.05, 0.1) is 5.69 Å². The summed E-state index contributed by atoms with van der Waals surface area (Å²) in [6, 6.07) is 7.15. The van der Waals surface area contributed by atoms with E-state index in [1.165, 1.54) is 17.0 Å². The first-order valence-corrected chi connectivity index (χ1v) is 9.98. The quantitative estimate of drug-likeness (QED) is 0.848. The Bertz CT molecular complexity index is 781. The van der Waals surface area contributed by atoms with Gasteiger partial charge in [0.1, 0.15) is 5.75 Å². The molecule has 1 aromatic heterocycles. The number of hydrogen-bond acceptors (Lipinski definition) is 5. The number of phenolic OH excluding ortho intramolecular Hbond substituents is 1. The van der Waals surface area contributed by atoms with E-state index in [1.54, 1.807) is 23.5 Å². The lowest BCUT2D eigenvalue weighted by molar-refractivity contribution is 0.208. The van der Waals surface area contributed by atoms with E-state index in [9.17, 15) is 9.90 Å². The molecule has 1 unspecified atom stereocenters. The second kappa shape index (κ2) is 7.15. The fourth-order valence-electron chi connectivity index (χ4n) is 3.60. The molecule has 1 aliphatic heterocycles. The summed E-state index contributed by atoms with van der Waals surface area (Å²) in [5, 5.41) is 13.1. The summed E-state index contributed by atoms with van der Waals surface area (Å²) in [4.78, 5) is 22.6. The number of fused-ring (bicyclic) bond motifs is 1. The number of aryl methyl sites for hydroxylation is 1. The van der Waals surface area contributed by atoms with Gasteiger partial charge in [-0.1, -0.05) is 6.92 Å². The zero-order valence-electron chi connectivity index (χ0n) is 14.9. The van der Waals surface area contributed by atoms with E-state index < -0.39 is 0 Å². The number of urea groups is 1. The molecule has 2 amide bonds. The number of phenols is 1. The molecule has 138 valence electrons. The number of benzene rings is 1. The molecule has 7 heteroatoms. The van der Waals surface area contributed by atoms with Crippen molar-refractivity contribution >= 4 is 28.2 Å². The normalized spacial score (nSPS) is 20.0. The Balaban J connectivity index is 1.33. The molecular formula is C19H24N4O2S. The minimum absolute atomic E-state index is 0.0606. The van der Waals surface area contributed by atoms with Crippen LogP contribution in [0.25, 0.3) is 0 Å². The van der Waals surface area contributed by atoms with Gasteiger partial charge in [0.15, 0.2) is 5.13 Å². The van der Waals surface area contributed by atoms with Crippen LogP contribution >= 0.6 is 11.3 Å². The Hall–Kier alpha value is -2.28. The number of piperazine rings is 1. The summed E-state index contributed by atoms with van der Waals surface area (Å²) in [5.74, 6) is 0.979. The number of carbonyl (C=O) groups excluding carboxylic acids is 1. The van der Waals surface area contributed by atoms with E-state index >= 15 is 0 Å². The lowest BCUT2D eigenvalue weighted by atomic mass is 9.93. The van der Waals surface area contributed by atoms with E-state index in [0.717, 1.165) is 36.8 Å². The molecule has 2 aliphatic rings. The third-order valence-corrected chi connectivity index (χ3v) is 6.22. The number of rotatable bonds is 2. The summed E-state index contributed by atoms with van der Waals surface area (Å²) < 4.78 is 0. The van der Waals surface area contributed by atoms with Crippen LogP contribution in [0.4, 0.5) is 15.6 Å². The molecule has 1 aromatic carbocycles. The lowest BCUT2D eigenvalue weighted by Crippen LogP contribution is -2.50. The van der Waals surface area contributed by atoms with Crippen LogP contribution in [0.2, 0.25) is 0 Å². The largest absolute Gasteiger partial charge is 0.508 e. The van der Waals surface area contributed by atoms with E-state index in [0.29, 0.717) is 19.0 Å². The first-order chi connectivity index (χ1) is 12.6. The van der Waals surface area contributed by atoms with Crippen LogP contribution < -0.4 is 10.2 Å². The van der Waals surface area contributed by atoms with E-state index in [4.69, 9.17) is 0 Å². The molecule has 6 nitrogen and oxygen atoms in total. The van der Waals surface area contributed by atoms with Crippen molar-refractivity contribution in [2.75, 3.05) is 36.4 Å². The standard InChI is InChI=1S/C19H24N4O2S/c1-13-2-7-16-17(12-13)26-18(20-16)21-19(25)23-10-8-22(9-11-23)14-3-5-15(24)6-4-14/h3-6,13,24H,2,7-12H2,1H3,(H,20,21,25). The van der Waals surface area contributed by atoms with Crippen LogP contribution in [0, 0.1) is 5.92 Å².